The summed E-state index contributed by atoms with van der Waals surface area (Å²) < 4.78 is 28.3. The molecule has 3 nitrogen and oxygen atoms in total. The third kappa shape index (κ3) is 8.99. The van der Waals surface area contributed by atoms with E-state index in [-0.39, 0.29) is 23.7 Å². The summed E-state index contributed by atoms with van der Waals surface area (Å²) >= 11 is 3.02. The fourth-order valence-electron chi connectivity index (χ4n) is 0.283. The van der Waals surface area contributed by atoms with Crippen molar-refractivity contribution in [3.8, 4) is 0 Å². The second-order valence-electron chi connectivity index (χ2n) is 1.58. The molecule has 0 saturated carbocycles. The monoisotopic (exact) mass is 222 g/mol. The molecule has 10 heavy (non-hydrogen) atoms. The molecule has 0 aromatic carbocycles. The molecule has 0 aliphatic carbocycles. The van der Waals surface area contributed by atoms with Gasteiger partial charge in [-0.2, -0.15) is 5.75 Å². The van der Waals surface area contributed by atoms with Crippen molar-refractivity contribution < 1.29 is 31.8 Å². The van der Waals surface area contributed by atoms with E-state index in [0.717, 1.165) is 5.75 Å². The minimum Gasteiger partial charge on any atom is -0.309 e. The van der Waals surface area contributed by atoms with E-state index in [1.165, 1.54) is 0 Å². The third-order valence-corrected chi connectivity index (χ3v) is 2.64. The summed E-state index contributed by atoms with van der Waals surface area (Å²) in [5, 5.41) is 0. The first kappa shape index (κ1) is 13.6. The molecule has 0 amide bonds. The number of hydrogen-bond acceptors (Lipinski definition) is 2. The van der Waals surface area contributed by atoms with E-state index in [0.29, 0.717) is 6.42 Å². The normalized spacial score (nSPS) is 13.9. The van der Waals surface area contributed by atoms with Gasteiger partial charge in [0.1, 0.15) is 10.1 Å². The third-order valence-electron chi connectivity index (χ3n) is 0.710. The van der Waals surface area contributed by atoms with Crippen LogP contribution in [0.15, 0.2) is 0 Å². The van der Waals surface area contributed by atoms with Crippen LogP contribution in [0.25, 0.3) is 0 Å². The first-order valence-corrected chi connectivity index (χ1v) is 4.84. The molecule has 1 unspecified atom stereocenters. The molecule has 0 bridgehead atoms. The van der Waals surface area contributed by atoms with Crippen molar-refractivity contribution in [2.24, 2.45) is 0 Å². The van der Waals surface area contributed by atoms with E-state index in [4.69, 9.17) is 4.55 Å². The van der Waals surface area contributed by atoms with Crippen LogP contribution >= 0.6 is 15.9 Å². The van der Waals surface area contributed by atoms with Crippen molar-refractivity contribution in [3.05, 3.63) is 5.75 Å². The Morgan fingerprint density at radius 2 is 2.10 bits per heavy atom. The maximum absolute atomic E-state index is 10.1. The Labute approximate surface area is 81.6 Å². The van der Waals surface area contributed by atoms with Gasteiger partial charge in [-0.25, -0.2) is 8.42 Å². The number of alkyl halides is 1. The molecule has 0 aliphatic rings. The molecule has 0 rings (SSSR count). The smallest absolute Gasteiger partial charge is 0.309 e. The minimum absolute atomic E-state index is 0. The van der Waals surface area contributed by atoms with E-state index < -0.39 is 10.1 Å². The zero-order valence-electron chi connectivity index (χ0n) is 5.91. The molecule has 0 aromatic heterocycles. The van der Waals surface area contributed by atoms with Gasteiger partial charge >= 0.3 is 18.9 Å². The van der Waals surface area contributed by atoms with Gasteiger partial charge in [0, 0.05) is 0 Å². The summed E-state index contributed by atoms with van der Waals surface area (Å²) in [5.74, 6) is 0.854. The van der Waals surface area contributed by atoms with Crippen molar-refractivity contribution in [1.82, 2.24) is 0 Å². The van der Waals surface area contributed by atoms with E-state index in [9.17, 15) is 8.42 Å². The van der Waals surface area contributed by atoms with Crippen LogP contribution in [0.1, 0.15) is 13.3 Å². The van der Waals surface area contributed by atoms with E-state index in [1.54, 1.807) is 6.92 Å². The Kier molecular flexibility index (Phi) is 7.62. The van der Waals surface area contributed by atoms with Gasteiger partial charge in [-0.1, -0.05) is 18.2 Å². The van der Waals surface area contributed by atoms with Gasteiger partial charge < -0.3 is 4.55 Å². The first-order chi connectivity index (χ1) is 3.95. The Morgan fingerprint density at radius 1 is 1.70 bits per heavy atom. The van der Waals surface area contributed by atoms with Crippen molar-refractivity contribution in [2.45, 2.75) is 18.2 Å². The Hall–Kier alpha value is 0.987. The summed E-state index contributed by atoms with van der Waals surface area (Å²) in [5.41, 5.74) is 0. The molecule has 56 valence electrons. The molecule has 0 aromatic rings. The van der Waals surface area contributed by atoms with Gasteiger partial charge in [-0.05, 0) is 0 Å². The zero-order chi connectivity index (χ0) is 7.49. The zero-order valence-corrected chi connectivity index (χ0v) is 8.31. The van der Waals surface area contributed by atoms with Crippen LogP contribution in [0.2, 0.25) is 0 Å². The Bertz CT molecular complexity index is 167. The summed E-state index contributed by atoms with van der Waals surface area (Å²) in [6, 6.07) is 0. The molecule has 6 heteroatoms. The molecule has 0 fully saturated rings. The summed E-state index contributed by atoms with van der Waals surface area (Å²) in [6.07, 6.45) is 0.639. The van der Waals surface area contributed by atoms with Gasteiger partial charge in [0.15, 0.2) is 0 Å². The molecular weight excluding hydrogens is 215 g/mol. The van der Waals surface area contributed by atoms with Crippen LogP contribution in [0.5, 0.6) is 0 Å². The van der Waals surface area contributed by atoms with Crippen LogP contribution in [0.4, 0.5) is 0 Å². The number of halogens is 1. The molecule has 0 spiro atoms. The second-order valence-corrected chi connectivity index (χ2v) is 4.05. The van der Waals surface area contributed by atoms with Gasteiger partial charge in [0.05, 0.1) is 0 Å². The van der Waals surface area contributed by atoms with Crippen LogP contribution < -0.4 is 18.9 Å². The van der Waals surface area contributed by atoms with Gasteiger partial charge in [0.2, 0.25) is 0 Å². The Morgan fingerprint density at radius 3 is 2.20 bits per heavy atom. The topological polar surface area (TPSA) is 54.4 Å². The number of hydrogen-bond donors (Lipinski definition) is 1. The standard InChI is InChI=1S/C4H8BrO3S.Li/c1-2-4(5)3-9(6,7)8;/h3-4H,2H2,1H3,(H,6,7,8);/q-1;+1. The van der Waals surface area contributed by atoms with E-state index in [2.05, 4.69) is 15.9 Å². The minimum atomic E-state index is -3.91. The van der Waals surface area contributed by atoms with Gasteiger partial charge in [-0.15, -0.1) is 15.9 Å². The average molecular weight is 223 g/mol. The largest absolute Gasteiger partial charge is 1.00 e. The molecule has 0 heterocycles. The molecular formula is C4H8BrLiO3S. The van der Waals surface area contributed by atoms with Crippen LogP contribution in [-0.2, 0) is 10.1 Å². The quantitative estimate of drug-likeness (QED) is 0.266. The maximum Gasteiger partial charge on any atom is 1.00 e. The summed E-state index contributed by atoms with van der Waals surface area (Å²) in [6.45, 7) is 1.81. The summed E-state index contributed by atoms with van der Waals surface area (Å²) in [7, 11) is -3.91. The predicted octanol–water partition coefficient (Wildman–Crippen LogP) is -1.79. The SMILES string of the molecule is CCC(Br)[CH-]S(=O)(=O)O.[Li+]. The second kappa shape index (κ2) is 5.61. The van der Waals surface area contributed by atoms with Gasteiger partial charge in [-0.3, -0.25) is 0 Å². The molecule has 1 N–H and O–H groups in total. The fourth-order valence-corrected chi connectivity index (χ4v) is 1.67. The number of rotatable bonds is 3. The van der Waals surface area contributed by atoms with E-state index in [1.807, 2.05) is 0 Å². The molecule has 1 atom stereocenters. The maximum atomic E-state index is 10.1. The predicted molar refractivity (Wildman–Crippen MR) is 38.9 cm³/mol. The molecule has 0 saturated heterocycles. The Balaban J connectivity index is 0. The summed E-state index contributed by atoms with van der Waals surface area (Å²) in [4.78, 5) is -0.257. The van der Waals surface area contributed by atoms with Crippen LogP contribution in [-0.4, -0.2) is 17.8 Å². The van der Waals surface area contributed by atoms with E-state index >= 15 is 0 Å². The average Bonchev–Trinajstić information content (AvgIpc) is 1.62. The molecule has 0 radical (unpaired) electrons. The van der Waals surface area contributed by atoms with Crippen molar-refractivity contribution >= 4 is 26.0 Å². The molecule has 0 aliphatic heterocycles. The fraction of sp³-hybridized carbons (Fsp3) is 0.750. The van der Waals surface area contributed by atoms with Crippen molar-refractivity contribution in [3.63, 3.8) is 0 Å². The van der Waals surface area contributed by atoms with Crippen molar-refractivity contribution in [1.29, 1.82) is 0 Å². The first-order valence-electron chi connectivity index (χ1n) is 2.42. The van der Waals surface area contributed by atoms with Crippen molar-refractivity contribution in [2.75, 3.05) is 0 Å². The van der Waals surface area contributed by atoms with Crippen LogP contribution in [0.3, 0.4) is 0 Å². The van der Waals surface area contributed by atoms with Crippen LogP contribution in [0, 0.1) is 5.75 Å². The van der Waals surface area contributed by atoms with Gasteiger partial charge in [0.25, 0.3) is 0 Å².